The van der Waals surface area contributed by atoms with Crippen molar-refractivity contribution in [2.75, 3.05) is 0 Å². The molecule has 0 saturated heterocycles. The van der Waals surface area contributed by atoms with Gasteiger partial charge in [-0.1, -0.05) is 32.0 Å². The maximum absolute atomic E-state index is 12.3. The van der Waals surface area contributed by atoms with Crippen LogP contribution in [-0.4, -0.2) is 6.04 Å². The lowest BCUT2D eigenvalue weighted by Gasteiger charge is -2.11. The topological polar surface area (TPSA) is 12.0 Å². The molecule has 0 radical (unpaired) electrons. The summed E-state index contributed by atoms with van der Waals surface area (Å²) in [5, 5.41) is 3.07. The smallest absolute Gasteiger partial charge is 0.310 e. The Hall–Kier alpha value is -1.03. The predicted octanol–water partition coefficient (Wildman–Crippen LogP) is 3.45. The van der Waals surface area contributed by atoms with E-state index < -0.39 is 11.7 Å². The number of alkyl halides is 3. The van der Waals surface area contributed by atoms with Gasteiger partial charge in [0.25, 0.3) is 0 Å². The summed E-state index contributed by atoms with van der Waals surface area (Å²) in [4.78, 5) is 0. The van der Waals surface area contributed by atoms with Crippen molar-refractivity contribution < 1.29 is 14.6 Å². The van der Waals surface area contributed by atoms with Crippen molar-refractivity contribution in [3.8, 4) is 0 Å². The van der Waals surface area contributed by atoms with Crippen LogP contribution >= 0.6 is 0 Å². The first kappa shape index (κ1) is 12.0. The molecule has 0 saturated carbocycles. The fourth-order valence-electron chi connectivity index (χ4n) is 1.18. The zero-order valence-corrected chi connectivity index (χ0v) is 8.73. The number of rotatable bonds is 3. The number of hydrogen-bond acceptors (Lipinski definition) is 1. The van der Waals surface area contributed by atoms with Gasteiger partial charge in [-0.3, -0.25) is 0 Å². The van der Waals surface area contributed by atoms with Crippen molar-refractivity contribution in [1.82, 2.24) is 5.32 Å². The summed E-state index contributed by atoms with van der Waals surface area (Å²) in [6.07, 6.45) is -4.26. The Morgan fingerprint density at radius 1 is 1.33 bits per heavy atom. The minimum atomic E-state index is -4.26. The third-order valence-electron chi connectivity index (χ3n) is 1.97. The highest BCUT2D eigenvalue weighted by Crippen LogP contribution is 2.29. The Bertz CT molecular complexity index is 323. The van der Waals surface area contributed by atoms with Crippen molar-refractivity contribution in [2.45, 2.75) is 32.6 Å². The summed E-state index contributed by atoms with van der Waals surface area (Å²) in [6, 6.07) is 5.64. The lowest BCUT2D eigenvalue weighted by molar-refractivity contribution is -0.137. The zero-order valence-electron chi connectivity index (χ0n) is 8.73. The molecule has 0 atom stereocenters. The van der Waals surface area contributed by atoms with E-state index in [9.17, 15) is 13.2 Å². The molecule has 0 bridgehead atoms. The summed E-state index contributed by atoms with van der Waals surface area (Å²) < 4.78 is 37.0. The number of nitrogens with one attached hydrogen (secondary N) is 1. The first-order chi connectivity index (χ1) is 6.89. The van der Waals surface area contributed by atoms with Gasteiger partial charge in [-0.25, -0.2) is 0 Å². The van der Waals surface area contributed by atoms with Crippen LogP contribution in [0.2, 0.25) is 0 Å². The molecule has 4 heteroatoms. The predicted molar refractivity (Wildman–Crippen MR) is 55.5 cm³/mol. The fourth-order valence-corrected chi connectivity index (χ4v) is 1.18. The molecule has 0 fully saturated rings. The first-order valence-corrected chi connectivity index (χ1v) is 4.79. The van der Waals surface area contributed by atoms with Crippen molar-refractivity contribution in [1.29, 1.82) is 0 Å². The third kappa shape index (κ3) is 3.91. The van der Waals surface area contributed by atoms with Gasteiger partial charge in [0, 0.05) is 14.0 Å². The first-order valence-electron chi connectivity index (χ1n) is 4.79. The Morgan fingerprint density at radius 3 is 2.53 bits per heavy atom. The second-order valence-corrected chi connectivity index (χ2v) is 3.73. The van der Waals surface area contributed by atoms with Crippen molar-refractivity contribution in [3.05, 3.63) is 35.4 Å². The van der Waals surface area contributed by atoms with Crippen LogP contribution in [0.25, 0.3) is 0 Å². The lowest BCUT2D eigenvalue weighted by atomic mass is 10.1. The van der Waals surface area contributed by atoms with Gasteiger partial charge in [-0.2, -0.15) is 13.2 Å². The summed E-state index contributed by atoms with van der Waals surface area (Å²) in [7, 11) is 0. The molecule has 1 N–H and O–H groups in total. The van der Waals surface area contributed by atoms with Gasteiger partial charge in [-0.05, 0) is 11.6 Å². The maximum atomic E-state index is 12.3. The zero-order chi connectivity index (χ0) is 11.5. The van der Waals surface area contributed by atoms with Crippen molar-refractivity contribution in [3.63, 3.8) is 0 Å². The molecule has 0 aliphatic carbocycles. The van der Waals surface area contributed by atoms with Crippen molar-refractivity contribution >= 4 is 0 Å². The average Bonchev–Trinajstić information content (AvgIpc) is 2.14. The van der Waals surface area contributed by atoms with Crippen LogP contribution in [0.5, 0.6) is 0 Å². The molecule has 0 spiro atoms. The molecule has 0 aliphatic rings. The van der Waals surface area contributed by atoms with E-state index in [0.717, 1.165) is 6.07 Å². The van der Waals surface area contributed by atoms with Crippen molar-refractivity contribution in [2.24, 2.45) is 0 Å². The fraction of sp³-hybridized carbons (Fsp3) is 0.455. The summed E-state index contributed by atoms with van der Waals surface area (Å²) in [5.74, 6) is 0. The Kier molecular flexibility index (Phi) is 3.74. The molecular formula is C11H16F3N. The Morgan fingerprint density at radius 2 is 2.00 bits per heavy atom. The minimum Gasteiger partial charge on any atom is -0.310 e. The van der Waals surface area contributed by atoms with Gasteiger partial charge in [-0.15, -0.1) is 0 Å². The molecule has 0 heterocycles. The SMILES string of the molecule is CC(C)NCc1cccc(C(F)(F)F)c1.[HH]. The highest BCUT2D eigenvalue weighted by molar-refractivity contribution is 5.25. The Labute approximate surface area is 88.8 Å². The van der Waals surface area contributed by atoms with Gasteiger partial charge < -0.3 is 5.32 Å². The minimum absolute atomic E-state index is 0. The normalized spacial score (nSPS) is 12.1. The number of halogens is 3. The highest BCUT2D eigenvalue weighted by Gasteiger charge is 2.30. The van der Waals surface area contributed by atoms with Crippen LogP contribution in [0.4, 0.5) is 13.2 Å². The third-order valence-corrected chi connectivity index (χ3v) is 1.97. The van der Waals surface area contributed by atoms with Crippen LogP contribution in [0, 0.1) is 0 Å². The molecule has 15 heavy (non-hydrogen) atoms. The summed E-state index contributed by atoms with van der Waals surface area (Å²) in [5.41, 5.74) is 0.0593. The summed E-state index contributed by atoms with van der Waals surface area (Å²) >= 11 is 0. The molecule has 1 aromatic rings. The molecule has 86 valence electrons. The monoisotopic (exact) mass is 219 g/mol. The van der Waals surface area contributed by atoms with E-state index in [2.05, 4.69) is 5.32 Å². The number of hydrogen-bond donors (Lipinski definition) is 1. The largest absolute Gasteiger partial charge is 0.416 e. The molecule has 1 aromatic carbocycles. The molecule has 1 rings (SSSR count). The van der Waals surface area contributed by atoms with E-state index in [1.807, 2.05) is 13.8 Å². The molecule has 0 aromatic heterocycles. The van der Waals surface area contributed by atoms with E-state index in [1.54, 1.807) is 6.07 Å². The second kappa shape index (κ2) is 4.66. The van der Waals surface area contributed by atoms with E-state index in [4.69, 9.17) is 0 Å². The average molecular weight is 219 g/mol. The molecular weight excluding hydrogens is 203 g/mol. The standard InChI is InChI=1S/C11H14F3N.H2/c1-8(2)15-7-9-4-3-5-10(6-9)11(12,13)14;/h3-6,8,15H,7H2,1-2H3;1H. The molecule has 0 aliphatic heterocycles. The van der Waals surface area contributed by atoms with E-state index >= 15 is 0 Å². The van der Waals surface area contributed by atoms with E-state index in [0.29, 0.717) is 12.1 Å². The maximum Gasteiger partial charge on any atom is 0.416 e. The lowest BCUT2D eigenvalue weighted by Crippen LogP contribution is -2.22. The van der Waals surface area contributed by atoms with E-state index in [1.165, 1.54) is 12.1 Å². The van der Waals surface area contributed by atoms with Crippen LogP contribution in [-0.2, 0) is 12.7 Å². The van der Waals surface area contributed by atoms with Gasteiger partial charge in [0.2, 0.25) is 0 Å². The summed E-state index contributed by atoms with van der Waals surface area (Å²) in [6.45, 7) is 4.36. The highest BCUT2D eigenvalue weighted by atomic mass is 19.4. The van der Waals surface area contributed by atoms with Gasteiger partial charge >= 0.3 is 6.18 Å². The van der Waals surface area contributed by atoms with Crippen LogP contribution in [0.15, 0.2) is 24.3 Å². The number of benzene rings is 1. The molecule has 0 amide bonds. The van der Waals surface area contributed by atoms with Crippen LogP contribution in [0.3, 0.4) is 0 Å². The van der Waals surface area contributed by atoms with Crippen LogP contribution < -0.4 is 5.32 Å². The Balaban J connectivity index is 0.00000225. The second-order valence-electron chi connectivity index (χ2n) is 3.73. The molecule has 0 unspecified atom stereocenters. The molecule has 1 nitrogen and oxygen atoms in total. The van der Waals surface area contributed by atoms with E-state index in [-0.39, 0.29) is 7.47 Å². The van der Waals surface area contributed by atoms with Gasteiger partial charge in [0.05, 0.1) is 5.56 Å². The quantitative estimate of drug-likeness (QED) is 0.821. The van der Waals surface area contributed by atoms with Gasteiger partial charge in [0.1, 0.15) is 0 Å². The van der Waals surface area contributed by atoms with Gasteiger partial charge in [0.15, 0.2) is 0 Å². The van der Waals surface area contributed by atoms with Crippen LogP contribution in [0.1, 0.15) is 26.4 Å².